The van der Waals surface area contributed by atoms with Gasteiger partial charge in [0.05, 0.1) is 77.8 Å². The Bertz CT molecular complexity index is 2560. The molecule has 4 aromatic rings. The maximum absolute atomic E-state index is 13.6. The molecule has 0 aliphatic carbocycles. The summed E-state index contributed by atoms with van der Waals surface area (Å²) in [5.74, 6) is -3.15. The van der Waals surface area contributed by atoms with E-state index in [0.717, 1.165) is 0 Å². The average Bonchev–Trinajstić information content (AvgIpc) is 3.28. The molecule has 482 valence electrons. The molecular weight excluding hydrogens is 1230 g/mol. The van der Waals surface area contributed by atoms with Gasteiger partial charge >= 0.3 is 24.0 Å². The minimum Gasteiger partial charge on any atom is -0.481 e. The molecule has 0 radical (unpaired) electrons. The third-order valence-corrected chi connectivity index (χ3v) is 13.3. The van der Waals surface area contributed by atoms with Crippen LogP contribution in [0.15, 0.2) is 85.2 Å². The number of ether oxygens (including phenoxy) is 4. The number of pyridine rings is 2. The number of carboxylic acids is 2. The number of carboxylic acid groups (broad SMARTS) is 2. The molecule has 8 amide bonds. The fourth-order valence-electron chi connectivity index (χ4n) is 8.13. The lowest BCUT2D eigenvalue weighted by Gasteiger charge is -2.23. The van der Waals surface area contributed by atoms with Crippen molar-refractivity contribution in [1.82, 2.24) is 52.5 Å². The van der Waals surface area contributed by atoms with Crippen LogP contribution in [0.2, 0.25) is 20.1 Å². The average molecular weight is 1310 g/mol. The number of rotatable bonds is 45. The number of aliphatic carboxylic acids is 2. The highest BCUT2D eigenvalue weighted by Gasteiger charge is 2.28. The summed E-state index contributed by atoms with van der Waals surface area (Å²) in [6.07, 6.45) is 6.03. The van der Waals surface area contributed by atoms with Crippen molar-refractivity contribution < 1.29 is 67.5 Å². The molecule has 4 atom stereocenters. The number of unbranched alkanes of at least 4 members (excludes halogenated alkanes) is 3. The molecule has 0 fully saturated rings. The van der Waals surface area contributed by atoms with Gasteiger partial charge in [-0.1, -0.05) is 58.5 Å². The van der Waals surface area contributed by atoms with Crippen LogP contribution in [0.4, 0.5) is 21.2 Å². The molecule has 0 saturated carbocycles. The quantitative estimate of drug-likeness (QED) is 0.0225. The molecule has 12 N–H and O–H groups in total. The van der Waals surface area contributed by atoms with E-state index >= 15 is 0 Å². The molecule has 0 aliphatic rings. The standard InChI is InChI=1S/C58H78Cl4N12O14/c59-41-29-39(30-42(60)33-41)45(35-53(77)78)73-55(81)47(71-51(75)13-3-7-17-65-49-11-1-5-15-63-49)37-87-27-25-85-23-21-69-57(83)67-19-9-10-20-68-58(84)70-22-24-86-26-28-88-38-48(72-52(76)14-4-8-18-66-50-12-2-6-16-64-50)56(82)74-46(36-54(79)80)40-31-43(61)34-44(62)32-40/h1-2,5-6,11-12,15-16,29-34,45-48H,3-4,7-10,13-14,17-28,35-38H2,(H,63,65)(H,64,66)(H,71,75)(H,72,76)(H,73,81)(H,74,82)(H,77,78)(H,79,80)(H2,67,69,83)(H2,68,70,84)/t45?,46?,47-,48-/m0/s1. The Labute approximate surface area is 530 Å². The van der Waals surface area contributed by atoms with Crippen molar-refractivity contribution in [3.8, 4) is 0 Å². The lowest BCUT2D eigenvalue weighted by atomic mass is 10.0. The minimum atomic E-state index is -1.19. The van der Waals surface area contributed by atoms with E-state index in [0.29, 0.717) is 87.5 Å². The van der Waals surface area contributed by atoms with Crippen molar-refractivity contribution in [2.75, 3.05) is 103 Å². The van der Waals surface area contributed by atoms with Gasteiger partial charge < -0.3 is 82.3 Å². The van der Waals surface area contributed by atoms with Gasteiger partial charge in [0.2, 0.25) is 23.6 Å². The maximum atomic E-state index is 13.6. The van der Waals surface area contributed by atoms with Gasteiger partial charge in [0.1, 0.15) is 23.7 Å². The molecule has 30 heteroatoms. The van der Waals surface area contributed by atoms with Gasteiger partial charge in [-0.2, -0.15) is 0 Å². The second kappa shape index (κ2) is 43.4. The summed E-state index contributed by atoms with van der Waals surface area (Å²) in [6.45, 7) is 2.18. The van der Waals surface area contributed by atoms with E-state index in [1.165, 1.54) is 36.4 Å². The van der Waals surface area contributed by atoms with Gasteiger partial charge in [-0.3, -0.25) is 28.8 Å². The van der Waals surface area contributed by atoms with Crippen molar-refractivity contribution >= 4 is 106 Å². The van der Waals surface area contributed by atoms with Crippen LogP contribution < -0.4 is 53.2 Å². The Morgan fingerprint density at radius 2 is 0.795 bits per heavy atom. The SMILES string of the molecule is O=C(O)CC(NC(=O)[C@H](COCCOCCNC(=O)NCCCCNC(=O)NCCOCCOC[C@H](NC(=O)CCCCNc1ccccn1)C(=O)NC(CC(=O)O)c1cc(Cl)cc(Cl)c1)NC(=O)CCCCNc1ccccn1)c1cc(Cl)cc(Cl)c1. The number of carbonyl (C=O) groups is 8. The largest absolute Gasteiger partial charge is 0.481 e. The van der Waals surface area contributed by atoms with E-state index < -0.39 is 84.6 Å². The molecule has 2 heterocycles. The number of nitrogens with one attached hydrogen (secondary N) is 10. The Morgan fingerprint density at radius 3 is 1.16 bits per heavy atom. The topological polar surface area (TPSA) is 360 Å². The Hall–Kier alpha value is -7.30. The van der Waals surface area contributed by atoms with Crippen LogP contribution in [0, 0.1) is 0 Å². The van der Waals surface area contributed by atoms with Gasteiger partial charge in [-0.25, -0.2) is 19.6 Å². The first-order valence-corrected chi connectivity index (χ1v) is 30.1. The summed E-state index contributed by atoms with van der Waals surface area (Å²) in [7, 11) is 0. The minimum absolute atomic E-state index is 0.0270. The van der Waals surface area contributed by atoms with Crippen molar-refractivity contribution in [2.24, 2.45) is 0 Å². The van der Waals surface area contributed by atoms with Crippen molar-refractivity contribution in [2.45, 2.75) is 88.4 Å². The molecule has 88 heavy (non-hydrogen) atoms. The Kier molecular flexibility index (Phi) is 36.1. The molecule has 0 aliphatic heterocycles. The molecule has 0 spiro atoms. The second-order valence-electron chi connectivity index (χ2n) is 19.6. The van der Waals surface area contributed by atoms with E-state index in [1.54, 1.807) is 24.5 Å². The summed E-state index contributed by atoms with van der Waals surface area (Å²) < 4.78 is 22.5. The summed E-state index contributed by atoms with van der Waals surface area (Å²) in [6, 6.07) is 14.6. The number of urea groups is 2. The van der Waals surface area contributed by atoms with Crippen LogP contribution in [0.3, 0.4) is 0 Å². The molecule has 0 bridgehead atoms. The van der Waals surface area contributed by atoms with Crippen LogP contribution in [0.5, 0.6) is 0 Å². The fraction of sp³-hybridized carbons (Fsp3) is 0.483. The molecular formula is C58H78Cl4N12O14. The van der Waals surface area contributed by atoms with Crippen LogP contribution in [-0.4, -0.2) is 172 Å². The maximum Gasteiger partial charge on any atom is 0.314 e. The summed E-state index contributed by atoms with van der Waals surface area (Å²) in [5.41, 5.74) is 0.723. The molecule has 4 rings (SSSR count). The monoisotopic (exact) mass is 1310 g/mol. The van der Waals surface area contributed by atoms with Crippen LogP contribution in [0.1, 0.15) is 87.4 Å². The second-order valence-corrected chi connectivity index (χ2v) is 21.4. The number of halogens is 4. The van der Waals surface area contributed by atoms with Crippen LogP contribution in [0.25, 0.3) is 0 Å². The van der Waals surface area contributed by atoms with Crippen molar-refractivity contribution in [1.29, 1.82) is 0 Å². The van der Waals surface area contributed by atoms with E-state index in [-0.39, 0.29) is 98.9 Å². The van der Waals surface area contributed by atoms with Crippen molar-refractivity contribution in [3.63, 3.8) is 0 Å². The van der Waals surface area contributed by atoms with E-state index in [9.17, 15) is 48.6 Å². The smallest absolute Gasteiger partial charge is 0.314 e. The first-order valence-electron chi connectivity index (χ1n) is 28.6. The van der Waals surface area contributed by atoms with Gasteiger partial charge in [0.25, 0.3) is 0 Å². The molecule has 0 saturated heterocycles. The van der Waals surface area contributed by atoms with Gasteiger partial charge in [0.15, 0.2) is 0 Å². The number of hydrogen-bond donors (Lipinski definition) is 12. The van der Waals surface area contributed by atoms with E-state index in [1.807, 2.05) is 24.3 Å². The number of nitrogens with zero attached hydrogens (tertiary/aromatic N) is 2. The third-order valence-electron chi connectivity index (χ3n) is 12.4. The Morgan fingerprint density at radius 1 is 0.432 bits per heavy atom. The highest BCUT2D eigenvalue weighted by molar-refractivity contribution is 6.35. The third kappa shape index (κ3) is 33.2. The fourth-order valence-corrected chi connectivity index (χ4v) is 9.22. The molecule has 2 aromatic carbocycles. The number of hydrogen-bond acceptors (Lipinski definition) is 16. The molecule has 2 aromatic heterocycles. The summed E-state index contributed by atoms with van der Waals surface area (Å²) >= 11 is 24.7. The zero-order valence-corrected chi connectivity index (χ0v) is 51.6. The number of benzene rings is 2. The number of aromatic nitrogens is 2. The van der Waals surface area contributed by atoms with Gasteiger partial charge in [-0.15, -0.1) is 0 Å². The normalized spacial score (nSPS) is 12.3. The van der Waals surface area contributed by atoms with E-state index in [4.69, 9.17) is 65.4 Å². The summed E-state index contributed by atoms with van der Waals surface area (Å²) in [4.78, 5) is 110. The van der Waals surface area contributed by atoms with Gasteiger partial charge in [0, 0.05) is 84.6 Å². The first kappa shape index (κ1) is 73.2. The predicted octanol–water partition coefficient (Wildman–Crippen LogP) is 6.03. The lowest BCUT2D eigenvalue weighted by molar-refractivity contribution is -0.139. The lowest BCUT2D eigenvalue weighted by Crippen LogP contribution is -2.50. The van der Waals surface area contributed by atoms with E-state index in [2.05, 4.69) is 63.1 Å². The highest BCUT2D eigenvalue weighted by Crippen LogP contribution is 2.27. The Balaban J connectivity index is 1.06. The molecule has 2 unspecified atom stereocenters. The summed E-state index contributed by atoms with van der Waals surface area (Å²) in [5, 5.41) is 48.1. The van der Waals surface area contributed by atoms with Crippen molar-refractivity contribution in [3.05, 3.63) is 116 Å². The zero-order chi connectivity index (χ0) is 63.7. The molecule has 26 nitrogen and oxygen atoms in total. The number of anilines is 2. The highest BCUT2D eigenvalue weighted by atomic mass is 35.5. The number of carbonyl (C=O) groups excluding carboxylic acids is 6. The van der Waals surface area contributed by atoms with Gasteiger partial charge in [-0.05, 0) is 110 Å². The zero-order valence-electron chi connectivity index (χ0n) is 48.6. The first-order chi connectivity index (χ1) is 42.4. The predicted molar refractivity (Wildman–Crippen MR) is 332 cm³/mol. The number of amides is 8. The van der Waals surface area contributed by atoms with Crippen LogP contribution >= 0.6 is 46.4 Å². The van der Waals surface area contributed by atoms with Crippen LogP contribution in [-0.2, 0) is 47.7 Å².